The van der Waals surface area contributed by atoms with E-state index < -0.39 is 16.8 Å². The van der Waals surface area contributed by atoms with Gasteiger partial charge in [-0.3, -0.25) is 0 Å². The second-order valence-corrected chi connectivity index (χ2v) is 7.20. The molecule has 0 radical (unpaired) electrons. The Balaban J connectivity index is 1.97. The smallest absolute Gasteiger partial charge is 0.219 e. The van der Waals surface area contributed by atoms with Crippen molar-refractivity contribution in [1.29, 1.82) is 0 Å². The zero-order valence-corrected chi connectivity index (χ0v) is 15.4. The van der Waals surface area contributed by atoms with Gasteiger partial charge in [0.25, 0.3) is 0 Å². The largest absolute Gasteiger partial charge is 0.395 e. The van der Waals surface area contributed by atoms with Crippen LogP contribution in [0.25, 0.3) is 22.3 Å². The van der Waals surface area contributed by atoms with Crippen molar-refractivity contribution in [3.05, 3.63) is 60.7 Å². The third kappa shape index (κ3) is 4.36. The molecule has 0 aliphatic rings. The SMILES string of the molecule is CC(CO)NS(=O)c1ccccc1-c1ccc(-c2cnc(N)nc2)c(F)c1. The molecule has 0 saturated carbocycles. The van der Waals surface area contributed by atoms with Gasteiger partial charge in [-0.2, -0.15) is 0 Å². The lowest BCUT2D eigenvalue weighted by molar-refractivity contribution is 0.266. The minimum Gasteiger partial charge on any atom is -0.395 e. The van der Waals surface area contributed by atoms with Gasteiger partial charge in [0, 0.05) is 29.6 Å². The average molecular weight is 386 g/mol. The average Bonchev–Trinajstić information content (AvgIpc) is 2.68. The van der Waals surface area contributed by atoms with Crippen molar-refractivity contribution in [1.82, 2.24) is 14.7 Å². The standard InChI is InChI=1S/C19H19FN4O2S/c1-12(11-25)24-27(26)18-5-3-2-4-16(18)13-6-7-15(17(20)8-13)14-9-22-19(21)23-10-14/h2-10,12,24-25H,11H2,1H3,(H2,21,22,23). The summed E-state index contributed by atoms with van der Waals surface area (Å²) in [6, 6.07) is 11.5. The van der Waals surface area contributed by atoms with E-state index in [1.54, 1.807) is 43.3 Å². The van der Waals surface area contributed by atoms with E-state index in [4.69, 9.17) is 10.8 Å². The van der Waals surface area contributed by atoms with Crippen LogP contribution in [0, 0.1) is 5.82 Å². The highest BCUT2D eigenvalue weighted by atomic mass is 32.2. The molecule has 4 N–H and O–H groups in total. The van der Waals surface area contributed by atoms with Crippen LogP contribution < -0.4 is 10.5 Å². The van der Waals surface area contributed by atoms with E-state index in [-0.39, 0.29) is 18.6 Å². The quantitative estimate of drug-likeness (QED) is 0.604. The van der Waals surface area contributed by atoms with Gasteiger partial charge in [0.05, 0.1) is 11.5 Å². The number of nitrogens with two attached hydrogens (primary N) is 1. The first-order valence-corrected chi connectivity index (χ1v) is 9.40. The number of hydrogen-bond donors (Lipinski definition) is 3. The number of halogens is 1. The molecule has 1 aromatic heterocycles. The summed E-state index contributed by atoms with van der Waals surface area (Å²) in [5.74, 6) is -0.324. The molecular weight excluding hydrogens is 367 g/mol. The molecule has 0 saturated heterocycles. The van der Waals surface area contributed by atoms with Crippen LogP contribution in [0.15, 0.2) is 59.8 Å². The topological polar surface area (TPSA) is 101 Å². The summed E-state index contributed by atoms with van der Waals surface area (Å²) in [7, 11) is -1.54. The zero-order chi connectivity index (χ0) is 19.4. The fourth-order valence-electron chi connectivity index (χ4n) is 2.54. The zero-order valence-electron chi connectivity index (χ0n) is 14.6. The summed E-state index contributed by atoms with van der Waals surface area (Å²) in [5, 5.41) is 9.14. The summed E-state index contributed by atoms with van der Waals surface area (Å²) in [5.41, 5.74) is 7.57. The molecule has 3 aromatic rings. The molecule has 27 heavy (non-hydrogen) atoms. The van der Waals surface area contributed by atoms with E-state index in [2.05, 4.69) is 14.7 Å². The van der Waals surface area contributed by atoms with Crippen LogP contribution in [0.5, 0.6) is 0 Å². The summed E-state index contributed by atoms with van der Waals surface area (Å²) in [4.78, 5) is 8.28. The van der Waals surface area contributed by atoms with E-state index in [1.807, 2.05) is 0 Å². The van der Waals surface area contributed by atoms with Crippen LogP contribution in [0.4, 0.5) is 10.3 Å². The number of hydrogen-bond acceptors (Lipinski definition) is 5. The van der Waals surface area contributed by atoms with Gasteiger partial charge in [-0.15, -0.1) is 0 Å². The summed E-state index contributed by atoms with van der Waals surface area (Å²) < 4.78 is 30.1. The molecule has 6 nitrogen and oxygen atoms in total. The highest BCUT2D eigenvalue weighted by Gasteiger charge is 2.15. The van der Waals surface area contributed by atoms with Crippen molar-refractivity contribution < 1.29 is 13.7 Å². The number of anilines is 1. The number of benzene rings is 2. The van der Waals surface area contributed by atoms with E-state index in [0.717, 1.165) is 0 Å². The minimum absolute atomic E-state index is 0.122. The molecule has 3 rings (SSSR count). The van der Waals surface area contributed by atoms with Crippen LogP contribution in [0.2, 0.25) is 0 Å². The lowest BCUT2D eigenvalue weighted by atomic mass is 10.0. The van der Waals surface area contributed by atoms with Gasteiger partial charge < -0.3 is 10.8 Å². The van der Waals surface area contributed by atoms with Gasteiger partial charge >= 0.3 is 0 Å². The summed E-state index contributed by atoms with van der Waals surface area (Å²) >= 11 is 0. The molecule has 0 spiro atoms. The van der Waals surface area contributed by atoms with Crippen LogP contribution >= 0.6 is 0 Å². The Morgan fingerprint density at radius 2 is 1.85 bits per heavy atom. The molecular formula is C19H19FN4O2S. The third-order valence-corrected chi connectivity index (χ3v) is 5.30. The van der Waals surface area contributed by atoms with Gasteiger partial charge in [0.2, 0.25) is 5.95 Å². The summed E-state index contributed by atoms with van der Waals surface area (Å²) in [6.07, 6.45) is 2.92. The Labute approximate surface area is 158 Å². The number of nitrogens with zero attached hydrogens (tertiary/aromatic N) is 2. The molecule has 0 bridgehead atoms. The van der Waals surface area contributed by atoms with Crippen LogP contribution in [0.3, 0.4) is 0 Å². The van der Waals surface area contributed by atoms with Gasteiger partial charge in [-0.25, -0.2) is 23.3 Å². The molecule has 0 aliphatic carbocycles. The highest BCUT2D eigenvalue weighted by molar-refractivity contribution is 7.83. The highest BCUT2D eigenvalue weighted by Crippen LogP contribution is 2.30. The van der Waals surface area contributed by atoms with E-state index in [1.165, 1.54) is 18.5 Å². The fourth-order valence-corrected chi connectivity index (χ4v) is 3.70. The molecule has 0 amide bonds. The van der Waals surface area contributed by atoms with Crippen LogP contribution in [-0.2, 0) is 11.0 Å². The molecule has 1 heterocycles. The predicted molar refractivity (Wildman–Crippen MR) is 103 cm³/mol. The van der Waals surface area contributed by atoms with Crippen LogP contribution in [0.1, 0.15) is 6.92 Å². The van der Waals surface area contributed by atoms with Crippen molar-refractivity contribution in [3.63, 3.8) is 0 Å². The Morgan fingerprint density at radius 3 is 2.52 bits per heavy atom. The monoisotopic (exact) mass is 386 g/mol. The molecule has 8 heteroatoms. The molecule has 2 atom stereocenters. The number of nitrogen functional groups attached to an aromatic ring is 1. The number of nitrogens with one attached hydrogen (secondary N) is 1. The van der Waals surface area contributed by atoms with Gasteiger partial charge in [-0.1, -0.05) is 30.3 Å². The first-order chi connectivity index (χ1) is 13.0. The maximum absolute atomic E-state index is 14.7. The van der Waals surface area contributed by atoms with Gasteiger partial charge in [0.1, 0.15) is 16.8 Å². The molecule has 2 aromatic carbocycles. The Hall–Kier alpha value is -2.68. The van der Waals surface area contributed by atoms with Crippen molar-refractivity contribution in [3.8, 4) is 22.3 Å². The number of rotatable bonds is 6. The lowest BCUT2D eigenvalue weighted by Crippen LogP contribution is -2.31. The molecule has 0 fully saturated rings. The fraction of sp³-hybridized carbons (Fsp3) is 0.158. The third-order valence-electron chi connectivity index (χ3n) is 3.93. The molecule has 140 valence electrons. The van der Waals surface area contributed by atoms with Gasteiger partial charge in [-0.05, 0) is 30.2 Å². The Kier molecular flexibility index (Phi) is 5.90. The second-order valence-electron chi connectivity index (χ2n) is 5.99. The second kappa shape index (κ2) is 8.34. The van der Waals surface area contributed by atoms with Crippen molar-refractivity contribution in [2.24, 2.45) is 0 Å². The molecule has 0 aliphatic heterocycles. The summed E-state index contributed by atoms with van der Waals surface area (Å²) in [6.45, 7) is 1.59. The Bertz CT molecular complexity index is 966. The normalized spacial score (nSPS) is 13.3. The van der Waals surface area contributed by atoms with Crippen LogP contribution in [-0.4, -0.2) is 31.9 Å². The minimum atomic E-state index is -1.54. The first kappa shape index (κ1) is 19.1. The molecule has 2 unspecified atom stereocenters. The van der Waals surface area contributed by atoms with E-state index >= 15 is 0 Å². The maximum Gasteiger partial charge on any atom is 0.219 e. The first-order valence-electron chi connectivity index (χ1n) is 8.25. The predicted octanol–water partition coefficient (Wildman–Crippen LogP) is 2.52. The maximum atomic E-state index is 14.7. The van der Waals surface area contributed by atoms with Crippen molar-refractivity contribution in [2.45, 2.75) is 17.9 Å². The Morgan fingerprint density at radius 1 is 1.15 bits per heavy atom. The van der Waals surface area contributed by atoms with Crippen molar-refractivity contribution in [2.75, 3.05) is 12.3 Å². The van der Waals surface area contributed by atoms with E-state index in [9.17, 15) is 8.60 Å². The lowest BCUT2D eigenvalue weighted by Gasteiger charge is -2.14. The van der Waals surface area contributed by atoms with Gasteiger partial charge in [0.15, 0.2) is 0 Å². The van der Waals surface area contributed by atoms with E-state index in [0.29, 0.717) is 27.1 Å². The number of aliphatic hydroxyl groups excluding tert-OH is 1. The number of aromatic nitrogens is 2. The van der Waals surface area contributed by atoms with Crippen molar-refractivity contribution >= 4 is 16.9 Å². The number of aliphatic hydroxyl groups is 1.